The molecule has 0 radical (unpaired) electrons. The van der Waals surface area contributed by atoms with E-state index in [1.54, 1.807) is 0 Å². The van der Waals surface area contributed by atoms with Crippen molar-refractivity contribution in [3.8, 4) is 12.3 Å². The molecular formula is C17H23N. The molecule has 1 saturated carbocycles. The van der Waals surface area contributed by atoms with E-state index in [4.69, 9.17) is 6.42 Å². The fourth-order valence-electron chi connectivity index (χ4n) is 2.84. The molecule has 0 unspecified atom stereocenters. The molecule has 0 amide bonds. The zero-order chi connectivity index (χ0) is 13.0. The standard InChI is InChI=1S/C17H23N/c1-4-13-18(3)14(2)15-9-11-17(12-10-15)16-7-5-6-8-16/h1,9-12,14,16H,5-8,13H2,2-3H3/t14-/m1/s1. The van der Waals surface area contributed by atoms with Crippen molar-refractivity contribution in [2.45, 2.75) is 44.6 Å². The molecule has 18 heavy (non-hydrogen) atoms. The normalized spacial score (nSPS) is 17.9. The molecule has 1 aliphatic carbocycles. The maximum Gasteiger partial charge on any atom is 0.0601 e. The highest BCUT2D eigenvalue weighted by atomic mass is 15.1. The summed E-state index contributed by atoms with van der Waals surface area (Å²) < 4.78 is 0. The Labute approximate surface area is 111 Å². The predicted octanol–water partition coefficient (Wildman–Crippen LogP) is 3.97. The molecule has 1 aromatic carbocycles. The quantitative estimate of drug-likeness (QED) is 0.721. The molecule has 0 heterocycles. The Morgan fingerprint density at radius 2 is 1.89 bits per heavy atom. The van der Waals surface area contributed by atoms with Crippen molar-refractivity contribution < 1.29 is 0 Å². The molecule has 0 aliphatic heterocycles. The minimum atomic E-state index is 0.388. The van der Waals surface area contributed by atoms with Crippen LogP contribution in [-0.4, -0.2) is 18.5 Å². The van der Waals surface area contributed by atoms with Gasteiger partial charge >= 0.3 is 0 Å². The second-order valence-electron chi connectivity index (χ2n) is 5.44. The van der Waals surface area contributed by atoms with Crippen molar-refractivity contribution in [2.75, 3.05) is 13.6 Å². The van der Waals surface area contributed by atoms with E-state index in [-0.39, 0.29) is 0 Å². The summed E-state index contributed by atoms with van der Waals surface area (Å²) in [5.41, 5.74) is 2.87. The summed E-state index contributed by atoms with van der Waals surface area (Å²) in [5.74, 6) is 3.50. The van der Waals surface area contributed by atoms with Gasteiger partial charge in [-0.15, -0.1) is 6.42 Å². The smallest absolute Gasteiger partial charge is 0.0601 e. The van der Waals surface area contributed by atoms with Crippen LogP contribution in [0.3, 0.4) is 0 Å². The Hall–Kier alpha value is -1.26. The number of rotatable bonds is 4. The molecule has 1 fully saturated rings. The third-order valence-corrected chi connectivity index (χ3v) is 4.25. The molecule has 0 N–H and O–H groups in total. The molecule has 1 aromatic rings. The lowest BCUT2D eigenvalue weighted by molar-refractivity contribution is 0.294. The third-order valence-electron chi connectivity index (χ3n) is 4.25. The van der Waals surface area contributed by atoms with Crippen LogP contribution in [0.5, 0.6) is 0 Å². The predicted molar refractivity (Wildman–Crippen MR) is 77.5 cm³/mol. The summed E-state index contributed by atoms with van der Waals surface area (Å²) in [6, 6.07) is 9.55. The van der Waals surface area contributed by atoms with Crippen LogP contribution >= 0.6 is 0 Å². The molecule has 2 rings (SSSR count). The SMILES string of the molecule is C#CCN(C)[C@H](C)c1ccc(C2CCCC2)cc1. The number of benzene rings is 1. The van der Waals surface area contributed by atoms with Crippen molar-refractivity contribution in [1.29, 1.82) is 0 Å². The zero-order valence-corrected chi connectivity index (χ0v) is 11.5. The second kappa shape index (κ2) is 6.07. The molecular weight excluding hydrogens is 218 g/mol. The van der Waals surface area contributed by atoms with Gasteiger partial charge in [0.15, 0.2) is 0 Å². The van der Waals surface area contributed by atoms with Gasteiger partial charge in [0.05, 0.1) is 6.54 Å². The van der Waals surface area contributed by atoms with Gasteiger partial charge in [-0.1, -0.05) is 43.0 Å². The van der Waals surface area contributed by atoms with E-state index in [0.29, 0.717) is 12.6 Å². The van der Waals surface area contributed by atoms with Crippen LogP contribution in [-0.2, 0) is 0 Å². The fourth-order valence-corrected chi connectivity index (χ4v) is 2.84. The minimum absolute atomic E-state index is 0.388. The zero-order valence-electron chi connectivity index (χ0n) is 11.5. The lowest BCUT2D eigenvalue weighted by atomic mass is 9.95. The van der Waals surface area contributed by atoms with Crippen LogP contribution in [0.25, 0.3) is 0 Å². The molecule has 1 aliphatic rings. The fraction of sp³-hybridized carbons (Fsp3) is 0.529. The van der Waals surface area contributed by atoms with Gasteiger partial charge in [0.1, 0.15) is 0 Å². The van der Waals surface area contributed by atoms with Crippen molar-refractivity contribution in [2.24, 2.45) is 0 Å². The summed E-state index contributed by atoms with van der Waals surface area (Å²) in [6.07, 6.45) is 10.9. The molecule has 0 aromatic heterocycles. The van der Waals surface area contributed by atoms with E-state index in [9.17, 15) is 0 Å². The van der Waals surface area contributed by atoms with Crippen molar-refractivity contribution in [1.82, 2.24) is 4.90 Å². The van der Waals surface area contributed by atoms with E-state index in [0.717, 1.165) is 5.92 Å². The topological polar surface area (TPSA) is 3.24 Å². The Kier molecular flexibility index (Phi) is 4.44. The lowest BCUT2D eigenvalue weighted by Gasteiger charge is -2.23. The molecule has 0 saturated heterocycles. The highest BCUT2D eigenvalue weighted by Crippen LogP contribution is 2.34. The minimum Gasteiger partial charge on any atom is -0.289 e. The second-order valence-corrected chi connectivity index (χ2v) is 5.44. The van der Waals surface area contributed by atoms with Gasteiger partial charge in [-0.3, -0.25) is 4.90 Å². The number of hydrogen-bond donors (Lipinski definition) is 0. The average molecular weight is 241 g/mol. The van der Waals surface area contributed by atoms with Crippen LogP contribution in [0, 0.1) is 12.3 Å². The van der Waals surface area contributed by atoms with E-state index in [2.05, 4.69) is 49.1 Å². The van der Waals surface area contributed by atoms with Crippen molar-refractivity contribution in [3.05, 3.63) is 35.4 Å². The van der Waals surface area contributed by atoms with Gasteiger partial charge in [0.25, 0.3) is 0 Å². The van der Waals surface area contributed by atoms with Gasteiger partial charge < -0.3 is 0 Å². The van der Waals surface area contributed by atoms with Crippen molar-refractivity contribution in [3.63, 3.8) is 0 Å². The Balaban J connectivity index is 2.05. The van der Waals surface area contributed by atoms with Gasteiger partial charge in [0, 0.05) is 6.04 Å². The van der Waals surface area contributed by atoms with E-state index in [1.807, 2.05) is 0 Å². The Bertz CT molecular complexity index is 406. The van der Waals surface area contributed by atoms with E-state index < -0.39 is 0 Å². The number of terminal acetylenes is 1. The van der Waals surface area contributed by atoms with Crippen LogP contribution in [0.15, 0.2) is 24.3 Å². The van der Waals surface area contributed by atoms with Gasteiger partial charge in [-0.2, -0.15) is 0 Å². The lowest BCUT2D eigenvalue weighted by Crippen LogP contribution is -2.22. The van der Waals surface area contributed by atoms with Crippen LogP contribution < -0.4 is 0 Å². The average Bonchev–Trinajstić information content (AvgIpc) is 2.92. The number of hydrogen-bond acceptors (Lipinski definition) is 1. The summed E-state index contributed by atoms with van der Waals surface area (Å²) in [5, 5.41) is 0. The number of nitrogens with zero attached hydrogens (tertiary/aromatic N) is 1. The van der Waals surface area contributed by atoms with Crippen LogP contribution in [0.1, 0.15) is 55.7 Å². The summed E-state index contributed by atoms with van der Waals surface area (Å²) in [7, 11) is 2.08. The summed E-state index contributed by atoms with van der Waals surface area (Å²) >= 11 is 0. The summed E-state index contributed by atoms with van der Waals surface area (Å²) in [4.78, 5) is 2.20. The first kappa shape index (κ1) is 13.2. The maximum absolute atomic E-state index is 5.36. The van der Waals surface area contributed by atoms with Crippen LogP contribution in [0.4, 0.5) is 0 Å². The molecule has 96 valence electrons. The third kappa shape index (κ3) is 2.94. The molecule has 1 atom stereocenters. The molecule has 1 nitrogen and oxygen atoms in total. The largest absolute Gasteiger partial charge is 0.289 e. The van der Waals surface area contributed by atoms with Gasteiger partial charge in [-0.05, 0) is 43.9 Å². The maximum atomic E-state index is 5.36. The molecule has 0 bridgehead atoms. The van der Waals surface area contributed by atoms with Crippen molar-refractivity contribution >= 4 is 0 Å². The van der Waals surface area contributed by atoms with Crippen LogP contribution in [0.2, 0.25) is 0 Å². The summed E-state index contributed by atoms with van der Waals surface area (Å²) in [6.45, 7) is 2.91. The van der Waals surface area contributed by atoms with Gasteiger partial charge in [0.2, 0.25) is 0 Å². The first-order valence-electron chi connectivity index (χ1n) is 6.96. The monoisotopic (exact) mass is 241 g/mol. The van der Waals surface area contributed by atoms with E-state index >= 15 is 0 Å². The first-order valence-corrected chi connectivity index (χ1v) is 6.96. The Morgan fingerprint density at radius 1 is 1.28 bits per heavy atom. The highest BCUT2D eigenvalue weighted by molar-refractivity contribution is 5.27. The Morgan fingerprint density at radius 3 is 2.44 bits per heavy atom. The first-order chi connectivity index (χ1) is 8.72. The molecule has 1 heteroatoms. The van der Waals surface area contributed by atoms with Gasteiger partial charge in [-0.25, -0.2) is 0 Å². The van der Waals surface area contributed by atoms with E-state index in [1.165, 1.54) is 36.8 Å². The highest BCUT2D eigenvalue weighted by Gasteiger charge is 2.17. The molecule has 0 spiro atoms.